The van der Waals surface area contributed by atoms with Crippen LogP contribution in [0.4, 0.5) is 0 Å². The summed E-state index contributed by atoms with van der Waals surface area (Å²) in [5.41, 5.74) is 8.36. The molecule has 1 aromatic rings. The van der Waals surface area contributed by atoms with Gasteiger partial charge in [0.1, 0.15) is 0 Å². The second kappa shape index (κ2) is 5.55. The number of nitrogens with two attached hydrogens (primary N) is 1. The molecule has 3 heteroatoms. The van der Waals surface area contributed by atoms with Gasteiger partial charge in [-0.15, -0.1) is 0 Å². The minimum atomic E-state index is -0.444. The summed E-state index contributed by atoms with van der Waals surface area (Å²) in [6.45, 7) is 1.82. The van der Waals surface area contributed by atoms with Gasteiger partial charge in [-0.05, 0) is 69.9 Å². The van der Waals surface area contributed by atoms with Crippen molar-refractivity contribution in [2.45, 2.75) is 6.92 Å². The van der Waals surface area contributed by atoms with Gasteiger partial charge < -0.3 is 5.73 Å². The number of aryl methyl sites for hydroxylation is 1. The fourth-order valence-electron chi connectivity index (χ4n) is 2.46. The first-order chi connectivity index (χ1) is 9.66. The molecule has 98 valence electrons. The standard InChI is InChI=1S/C17H14N2O/c1-11-16(17(18)20)14(12-6-2-3-7-12)10-15(19-11)13-8-4-5-9-13/h2-10H,1H3,(H2,18,20). The monoisotopic (exact) mass is 262 g/mol. The average molecular weight is 262 g/mol. The van der Waals surface area contributed by atoms with Crippen LogP contribution in [0.25, 0.3) is 0 Å². The third-order valence-electron chi connectivity index (χ3n) is 3.38. The molecular formula is C17H14N2O. The second-order valence-electron chi connectivity index (χ2n) is 4.73. The van der Waals surface area contributed by atoms with Crippen molar-refractivity contribution in [3.63, 3.8) is 0 Å². The Morgan fingerprint density at radius 1 is 1.00 bits per heavy atom. The van der Waals surface area contributed by atoms with Crippen LogP contribution in [0.2, 0.25) is 0 Å². The maximum atomic E-state index is 11.7. The van der Waals surface area contributed by atoms with Crippen molar-refractivity contribution in [2.24, 2.45) is 5.73 Å². The molecule has 2 aliphatic rings. The van der Waals surface area contributed by atoms with Crippen LogP contribution in [0.15, 0.2) is 6.07 Å². The molecule has 1 heterocycles. The molecule has 2 saturated carbocycles. The number of primary amides is 1. The highest BCUT2D eigenvalue weighted by Gasteiger charge is 2.28. The van der Waals surface area contributed by atoms with Crippen molar-refractivity contribution in [2.75, 3.05) is 0 Å². The van der Waals surface area contributed by atoms with Crippen LogP contribution < -0.4 is 5.73 Å². The van der Waals surface area contributed by atoms with Crippen molar-refractivity contribution in [1.29, 1.82) is 0 Å². The molecule has 0 bridgehead atoms. The molecule has 1 aromatic heterocycles. The zero-order chi connectivity index (χ0) is 14.1. The van der Waals surface area contributed by atoms with Crippen LogP contribution in [0.1, 0.15) is 27.3 Å². The predicted molar refractivity (Wildman–Crippen MR) is 76.6 cm³/mol. The second-order valence-corrected chi connectivity index (χ2v) is 4.73. The van der Waals surface area contributed by atoms with Crippen molar-refractivity contribution in [3.8, 4) is 0 Å². The van der Waals surface area contributed by atoms with Crippen molar-refractivity contribution in [3.05, 3.63) is 91.8 Å². The van der Waals surface area contributed by atoms with E-state index in [0.29, 0.717) is 11.3 Å². The van der Waals surface area contributed by atoms with E-state index >= 15 is 0 Å². The molecule has 0 aromatic carbocycles. The van der Waals surface area contributed by atoms with Gasteiger partial charge in [0.05, 0.1) is 11.3 Å². The molecule has 3 rings (SSSR count). The number of hydrogen-bond donors (Lipinski definition) is 1. The Morgan fingerprint density at radius 2 is 1.55 bits per heavy atom. The van der Waals surface area contributed by atoms with Crippen LogP contribution in [0.5, 0.6) is 0 Å². The smallest absolute Gasteiger partial charge is 0.250 e. The summed E-state index contributed by atoms with van der Waals surface area (Å²) in [6, 6.07) is 1.93. The van der Waals surface area contributed by atoms with E-state index in [0.717, 1.165) is 23.1 Å². The number of carbonyl (C=O) groups is 1. The Kier molecular flexibility index (Phi) is 3.77. The Bertz CT molecular complexity index is 512. The molecule has 1 amide bonds. The highest BCUT2D eigenvalue weighted by Crippen LogP contribution is 2.36. The third-order valence-corrected chi connectivity index (χ3v) is 3.38. The first-order valence-electron chi connectivity index (χ1n) is 6.42. The zero-order valence-corrected chi connectivity index (χ0v) is 11.1. The first-order valence-corrected chi connectivity index (χ1v) is 6.42. The molecular weight excluding hydrogens is 248 g/mol. The van der Waals surface area contributed by atoms with Gasteiger partial charge >= 0.3 is 0 Å². The Labute approximate surface area is 121 Å². The molecule has 10 radical (unpaired) electrons. The minimum absolute atomic E-state index is 0.444. The molecule has 2 N–H and O–H groups in total. The van der Waals surface area contributed by atoms with Crippen LogP contribution in [0.3, 0.4) is 0 Å². The van der Waals surface area contributed by atoms with E-state index in [2.05, 4.69) is 4.98 Å². The number of rotatable bonds is 3. The summed E-state index contributed by atoms with van der Waals surface area (Å²) >= 11 is 0. The summed E-state index contributed by atoms with van der Waals surface area (Å²) in [5, 5.41) is 0. The number of hydrogen-bond acceptors (Lipinski definition) is 2. The SMILES string of the molecule is Cc1nc([C]2[CH][CH][CH][CH]2)cc([C]2[CH][CH][CH][CH]2)c1C(N)=O. The summed E-state index contributed by atoms with van der Waals surface area (Å²) in [7, 11) is 0. The molecule has 0 aliphatic heterocycles. The summed E-state index contributed by atoms with van der Waals surface area (Å²) in [4.78, 5) is 16.2. The molecule has 0 atom stereocenters. The summed E-state index contributed by atoms with van der Waals surface area (Å²) < 4.78 is 0. The van der Waals surface area contributed by atoms with Crippen LogP contribution in [0, 0.1) is 70.1 Å². The van der Waals surface area contributed by atoms with E-state index in [1.54, 1.807) is 0 Å². The lowest BCUT2D eigenvalue weighted by Gasteiger charge is -2.18. The van der Waals surface area contributed by atoms with Crippen LogP contribution >= 0.6 is 0 Å². The van der Waals surface area contributed by atoms with Crippen molar-refractivity contribution >= 4 is 5.91 Å². The maximum Gasteiger partial charge on any atom is 0.250 e. The molecule has 0 unspecified atom stereocenters. The lowest BCUT2D eigenvalue weighted by atomic mass is 9.89. The minimum Gasteiger partial charge on any atom is -0.366 e. The normalized spacial score (nSPS) is 20.6. The first kappa shape index (κ1) is 13.6. The molecule has 0 saturated heterocycles. The highest BCUT2D eigenvalue weighted by atomic mass is 16.1. The lowest BCUT2D eigenvalue weighted by molar-refractivity contribution is 0.0998. The molecule has 20 heavy (non-hydrogen) atoms. The molecule has 2 fully saturated rings. The van der Waals surface area contributed by atoms with Gasteiger partial charge in [0.15, 0.2) is 0 Å². The number of aromatic nitrogens is 1. The van der Waals surface area contributed by atoms with Gasteiger partial charge in [-0.3, -0.25) is 9.78 Å². The van der Waals surface area contributed by atoms with E-state index in [4.69, 9.17) is 5.73 Å². The van der Waals surface area contributed by atoms with Crippen LogP contribution in [-0.2, 0) is 0 Å². The number of amides is 1. The Morgan fingerprint density at radius 3 is 2.10 bits per heavy atom. The largest absolute Gasteiger partial charge is 0.366 e. The van der Waals surface area contributed by atoms with Gasteiger partial charge in [-0.1, -0.05) is 0 Å². The highest BCUT2D eigenvalue weighted by molar-refractivity contribution is 5.96. The van der Waals surface area contributed by atoms with E-state index in [9.17, 15) is 4.79 Å². The Hall–Kier alpha value is -1.38. The van der Waals surface area contributed by atoms with Crippen molar-refractivity contribution in [1.82, 2.24) is 4.98 Å². The van der Waals surface area contributed by atoms with Gasteiger partial charge in [0.25, 0.3) is 5.91 Å². The summed E-state index contributed by atoms with van der Waals surface area (Å²) in [6.07, 6.45) is 15.8. The Balaban J connectivity index is 2.04. The molecule has 2 aliphatic carbocycles. The van der Waals surface area contributed by atoms with Gasteiger partial charge in [-0.25, -0.2) is 0 Å². The predicted octanol–water partition coefficient (Wildman–Crippen LogP) is 2.00. The molecule has 3 nitrogen and oxygen atoms in total. The van der Waals surface area contributed by atoms with Gasteiger partial charge in [0, 0.05) is 17.5 Å². The maximum absolute atomic E-state index is 11.7. The van der Waals surface area contributed by atoms with E-state index in [1.807, 2.05) is 64.4 Å². The topological polar surface area (TPSA) is 56.0 Å². The van der Waals surface area contributed by atoms with E-state index in [1.165, 1.54) is 0 Å². The summed E-state index contributed by atoms with van der Waals surface area (Å²) in [5.74, 6) is 1.58. The fourth-order valence-corrected chi connectivity index (χ4v) is 2.46. The van der Waals surface area contributed by atoms with E-state index < -0.39 is 5.91 Å². The van der Waals surface area contributed by atoms with Crippen LogP contribution in [-0.4, -0.2) is 10.9 Å². The van der Waals surface area contributed by atoms with Crippen molar-refractivity contribution < 1.29 is 4.79 Å². The fraction of sp³-hybridized carbons (Fsp3) is 0.0588. The van der Waals surface area contributed by atoms with E-state index in [-0.39, 0.29) is 0 Å². The number of carbonyl (C=O) groups excluding carboxylic acids is 1. The van der Waals surface area contributed by atoms with Gasteiger partial charge in [-0.2, -0.15) is 0 Å². The average Bonchev–Trinajstić information content (AvgIpc) is 3.11. The number of nitrogens with zero attached hydrogens (tertiary/aromatic N) is 1. The molecule has 0 spiro atoms. The van der Waals surface area contributed by atoms with Gasteiger partial charge in [0.2, 0.25) is 0 Å². The zero-order valence-electron chi connectivity index (χ0n) is 11.1. The quantitative estimate of drug-likeness (QED) is 0.905. The number of pyridine rings is 1. The third kappa shape index (κ3) is 2.46. The lowest BCUT2D eigenvalue weighted by Crippen LogP contribution is -2.19.